The lowest BCUT2D eigenvalue weighted by atomic mass is 10.1. The smallest absolute Gasteiger partial charge is 0.270 e. The Morgan fingerprint density at radius 1 is 1.17 bits per heavy atom. The number of rotatable bonds is 3. The normalized spacial score (nSPS) is 19.7. The van der Waals surface area contributed by atoms with Crippen molar-refractivity contribution in [3.63, 3.8) is 0 Å². The van der Waals surface area contributed by atoms with Gasteiger partial charge in [0.1, 0.15) is 5.71 Å². The maximum atomic E-state index is 12.7. The third-order valence-electron chi connectivity index (χ3n) is 4.54. The van der Waals surface area contributed by atoms with Crippen molar-refractivity contribution < 1.29 is 14.5 Å². The number of likely N-dealkylation sites (N-methyl/N-ethyl adjacent to an activating group) is 1. The molecule has 1 fully saturated rings. The Hall–Kier alpha value is -2.21. The van der Waals surface area contributed by atoms with E-state index in [1.54, 1.807) is 0 Å². The second-order valence-electron chi connectivity index (χ2n) is 5.98. The average molecular weight is 315 g/mol. The lowest BCUT2D eigenvalue weighted by molar-refractivity contribution is -0.902. The molecule has 0 aliphatic carbocycles. The van der Waals surface area contributed by atoms with E-state index in [0.717, 1.165) is 32.7 Å². The van der Waals surface area contributed by atoms with Gasteiger partial charge in [0.2, 0.25) is 5.91 Å². The summed E-state index contributed by atoms with van der Waals surface area (Å²) in [6.07, 6.45) is 0.765. The van der Waals surface area contributed by atoms with Gasteiger partial charge in [0.05, 0.1) is 38.4 Å². The predicted octanol–water partition coefficient (Wildman–Crippen LogP) is -0.0836. The Labute approximate surface area is 136 Å². The number of nitrogens with zero attached hydrogens (tertiary/aromatic N) is 3. The minimum Gasteiger partial charge on any atom is -0.332 e. The Balaban J connectivity index is 1.74. The van der Waals surface area contributed by atoms with E-state index in [1.165, 1.54) is 9.91 Å². The minimum atomic E-state index is -0.0620. The number of quaternary nitrogens is 1. The summed E-state index contributed by atoms with van der Waals surface area (Å²) in [6, 6.07) is 9.28. The molecule has 122 valence electrons. The molecule has 1 aromatic carbocycles. The number of benzene rings is 1. The Morgan fingerprint density at radius 2 is 1.87 bits per heavy atom. The zero-order valence-electron chi connectivity index (χ0n) is 13.5. The molecule has 1 saturated heterocycles. The Bertz CT molecular complexity index is 606. The molecule has 2 heterocycles. The number of piperazine rings is 1. The fourth-order valence-corrected chi connectivity index (χ4v) is 3.04. The molecule has 0 bridgehead atoms. The van der Waals surface area contributed by atoms with Crippen LogP contribution in [-0.4, -0.2) is 55.1 Å². The van der Waals surface area contributed by atoms with E-state index in [1.807, 2.05) is 35.2 Å². The van der Waals surface area contributed by atoms with Crippen LogP contribution in [0, 0.1) is 0 Å². The summed E-state index contributed by atoms with van der Waals surface area (Å²) in [5.41, 5.74) is 1.20. The van der Waals surface area contributed by atoms with E-state index >= 15 is 0 Å². The summed E-state index contributed by atoms with van der Waals surface area (Å²) in [4.78, 5) is 28.2. The minimum absolute atomic E-state index is 0.0198. The first-order chi connectivity index (χ1) is 11.2. The van der Waals surface area contributed by atoms with Crippen LogP contribution in [0.2, 0.25) is 0 Å². The molecule has 6 heteroatoms. The Morgan fingerprint density at radius 3 is 2.52 bits per heavy atom. The van der Waals surface area contributed by atoms with Crippen molar-refractivity contribution in [1.29, 1.82) is 0 Å². The molecule has 0 atom stereocenters. The van der Waals surface area contributed by atoms with Crippen molar-refractivity contribution in [1.82, 2.24) is 4.90 Å². The second kappa shape index (κ2) is 6.91. The van der Waals surface area contributed by atoms with Gasteiger partial charge in [-0.25, -0.2) is 5.01 Å². The highest BCUT2D eigenvalue weighted by Gasteiger charge is 2.30. The van der Waals surface area contributed by atoms with Crippen LogP contribution in [0.1, 0.15) is 19.8 Å². The fraction of sp³-hybridized carbons (Fsp3) is 0.471. The molecule has 23 heavy (non-hydrogen) atoms. The second-order valence-corrected chi connectivity index (χ2v) is 5.98. The summed E-state index contributed by atoms with van der Waals surface area (Å²) in [5, 5.41) is 5.72. The monoisotopic (exact) mass is 315 g/mol. The number of carbonyl (C=O) groups excluding carboxylic acids is 2. The van der Waals surface area contributed by atoms with Crippen LogP contribution in [0.15, 0.2) is 35.4 Å². The first kappa shape index (κ1) is 15.7. The van der Waals surface area contributed by atoms with Gasteiger partial charge in [-0.05, 0) is 19.1 Å². The third kappa shape index (κ3) is 3.42. The zero-order valence-corrected chi connectivity index (χ0v) is 13.5. The van der Waals surface area contributed by atoms with Crippen molar-refractivity contribution in [3.05, 3.63) is 30.3 Å². The number of carbonyl (C=O) groups is 2. The van der Waals surface area contributed by atoms with E-state index < -0.39 is 0 Å². The lowest BCUT2D eigenvalue weighted by Crippen LogP contribution is -3.14. The molecular weight excluding hydrogens is 292 g/mol. The van der Waals surface area contributed by atoms with Gasteiger partial charge in [-0.2, -0.15) is 5.10 Å². The predicted molar refractivity (Wildman–Crippen MR) is 88.4 cm³/mol. The number of amides is 2. The van der Waals surface area contributed by atoms with Crippen LogP contribution in [0.25, 0.3) is 0 Å². The summed E-state index contributed by atoms with van der Waals surface area (Å²) >= 11 is 0. The number of hydrogen-bond donors (Lipinski definition) is 1. The van der Waals surface area contributed by atoms with Crippen molar-refractivity contribution in [2.75, 3.05) is 37.7 Å². The standard InChI is InChI=1S/C17H22N4O2/c1-2-19-10-12-20(13-11-19)17(23)15-8-9-16(22)21(18-15)14-6-4-3-5-7-14/h3-7H,2,8-13H2,1H3/p+1. The topological polar surface area (TPSA) is 57.4 Å². The number of nitrogens with one attached hydrogen (secondary N) is 1. The quantitative estimate of drug-likeness (QED) is 0.848. The molecule has 0 aromatic heterocycles. The van der Waals surface area contributed by atoms with E-state index in [0.29, 0.717) is 24.2 Å². The highest BCUT2D eigenvalue weighted by atomic mass is 16.2. The highest BCUT2D eigenvalue weighted by molar-refractivity contribution is 6.40. The van der Waals surface area contributed by atoms with Crippen LogP contribution < -0.4 is 9.91 Å². The van der Waals surface area contributed by atoms with Gasteiger partial charge in [0.15, 0.2) is 0 Å². The average Bonchev–Trinajstić information content (AvgIpc) is 2.62. The summed E-state index contributed by atoms with van der Waals surface area (Å²) in [7, 11) is 0. The van der Waals surface area contributed by atoms with Crippen LogP contribution in [0.4, 0.5) is 5.69 Å². The van der Waals surface area contributed by atoms with Gasteiger partial charge in [-0.3, -0.25) is 9.59 Å². The fourth-order valence-electron chi connectivity index (χ4n) is 3.04. The molecule has 0 radical (unpaired) electrons. The summed E-state index contributed by atoms with van der Waals surface area (Å²) < 4.78 is 0. The number of hydrogen-bond acceptors (Lipinski definition) is 3. The molecule has 2 aliphatic heterocycles. The molecule has 3 rings (SSSR count). The highest BCUT2D eigenvalue weighted by Crippen LogP contribution is 2.20. The van der Waals surface area contributed by atoms with Crippen molar-refractivity contribution >= 4 is 23.2 Å². The molecule has 0 unspecified atom stereocenters. The largest absolute Gasteiger partial charge is 0.332 e. The maximum absolute atomic E-state index is 12.7. The molecule has 6 nitrogen and oxygen atoms in total. The van der Waals surface area contributed by atoms with Crippen LogP contribution >= 0.6 is 0 Å². The van der Waals surface area contributed by atoms with Crippen LogP contribution in [-0.2, 0) is 9.59 Å². The van der Waals surface area contributed by atoms with Crippen LogP contribution in [0.3, 0.4) is 0 Å². The van der Waals surface area contributed by atoms with Crippen molar-refractivity contribution in [2.45, 2.75) is 19.8 Å². The lowest BCUT2D eigenvalue weighted by Gasteiger charge is -2.32. The summed E-state index contributed by atoms with van der Waals surface area (Å²) in [5.74, 6) is -0.0819. The van der Waals surface area contributed by atoms with Gasteiger partial charge >= 0.3 is 0 Å². The van der Waals surface area contributed by atoms with Crippen molar-refractivity contribution in [3.8, 4) is 0 Å². The SMILES string of the molecule is CC[NH+]1CCN(C(=O)C2=NN(c3ccccc3)C(=O)CC2)CC1. The molecule has 0 saturated carbocycles. The van der Waals surface area contributed by atoms with Crippen molar-refractivity contribution in [2.24, 2.45) is 5.10 Å². The third-order valence-corrected chi connectivity index (χ3v) is 4.54. The molecule has 1 N–H and O–H groups in total. The van der Waals surface area contributed by atoms with E-state index in [9.17, 15) is 9.59 Å². The first-order valence-corrected chi connectivity index (χ1v) is 8.27. The number of anilines is 1. The molecule has 1 aromatic rings. The Kier molecular flexibility index (Phi) is 4.71. The van der Waals surface area contributed by atoms with E-state index in [4.69, 9.17) is 0 Å². The first-order valence-electron chi connectivity index (χ1n) is 8.27. The molecular formula is C17H23N4O2+. The van der Waals surface area contributed by atoms with E-state index in [2.05, 4.69) is 12.0 Å². The molecule has 2 aliphatic rings. The van der Waals surface area contributed by atoms with Gasteiger partial charge in [-0.15, -0.1) is 0 Å². The number of hydrazone groups is 1. The van der Waals surface area contributed by atoms with Gasteiger partial charge in [0, 0.05) is 12.8 Å². The summed E-state index contributed by atoms with van der Waals surface area (Å²) in [6.45, 7) is 6.76. The number of para-hydroxylation sites is 1. The van der Waals surface area contributed by atoms with Gasteiger partial charge in [-0.1, -0.05) is 18.2 Å². The zero-order chi connectivity index (χ0) is 16.2. The van der Waals surface area contributed by atoms with Crippen LogP contribution in [0.5, 0.6) is 0 Å². The van der Waals surface area contributed by atoms with Gasteiger partial charge < -0.3 is 9.80 Å². The molecule has 0 spiro atoms. The maximum Gasteiger partial charge on any atom is 0.270 e. The molecule has 2 amide bonds. The van der Waals surface area contributed by atoms with E-state index in [-0.39, 0.29) is 11.8 Å². The van der Waals surface area contributed by atoms with Gasteiger partial charge in [0.25, 0.3) is 5.91 Å².